The summed E-state index contributed by atoms with van der Waals surface area (Å²) in [6, 6.07) is 0.0590. The lowest BCUT2D eigenvalue weighted by atomic mass is 9.72. The molecular formula is C16H23N3O4. The topological polar surface area (TPSA) is 88.7 Å². The molecule has 4 unspecified atom stereocenters. The molecule has 0 radical (unpaired) electrons. The van der Waals surface area contributed by atoms with E-state index < -0.39 is 5.60 Å². The molecule has 0 aromatic carbocycles. The Morgan fingerprint density at radius 3 is 2.83 bits per heavy atom. The van der Waals surface area contributed by atoms with Crippen molar-refractivity contribution in [3.63, 3.8) is 0 Å². The second kappa shape index (κ2) is 5.19. The SMILES string of the molecule is COC(=O)N1CC2CCC1C(c1noc(C(C)(O)C3CC3)n1)C2. The van der Waals surface area contributed by atoms with Crippen LogP contribution in [0.5, 0.6) is 0 Å². The number of aromatic nitrogens is 2. The molecule has 4 fully saturated rings. The molecule has 2 saturated carbocycles. The van der Waals surface area contributed by atoms with Gasteiger partial charge in [-0.1, -0.05) is 5.16 Å². The lowest BCUT2D eigenvalue weighted by Crippen LogP contribution is -2.54. The van der Waals surface area contributed by atoms with E-state index in [1.54, 1.807) is 11.8 Å². The molecular weight excluding hydrogens is 298 g/mol. The smallest absolute Gasteiger partial charge is 0.409 e. The Labute approximate surface area is 135 Å². The summed E-state index contributed by atoms with van der Waals surface area (Å²) >= 11 is 0. The standard InChI is InChI=1S/C16H23N3O4/c1-16(21,10-4-5-10)14-17-13(18-23-14)11-7-9-3-6-12(11)19(8-9)15(20)22-2/h9-12,21H,3-8H2,1-2H3. The van der Waals surface area contributed by atoms with Gasteiger partial charge in [-0.15, -0.1) is 0 Å². The molecule has 126 valence electrons. The molecule has 23 heavy (non-hydrogen) atoms. The van der Waals surface area contributed by atoms with Crippen molar-refractivity contribution in [3.8, 4) is 0 Å². The number of hydrogen-bond donors (Lipinski definition) is 1. The van der Waals surface area contributed by atoms with Crippen molar-refractivity contribution in [2.75, 3.05) is 13.7 Å². The third kappa shape index (κ3) is 2.41. The highest BCUT2D eigenvalue weighted by atomic mass is 16.5. The highest BCUT2D eigenvalue weighted by molar-refractivity contribution is 5.68. The van der Waals surface area contributed by atoms with Crippen LogP contribution in [0.1, 0.15) is 56.7 Å². The summed E-state index contributed by atoms with van der Waals surface area (Å²) in [7, 11) is 1.42. The number of piperidine rings is 2. The fraction of sp³-hybridized carbons (Fsp3) is 0.812. The molecule has 1 aromatic heterocycles. The minimum atomic E-state index is -1.04. The van der Waals surface area contributed by atoms with Gasteiger partial charge in [-0.2, -0.15) is 4.98 Å². The van der Waals surface area contributed by atoms with Gasteiger partial charge >= 0.3 is 6.09 Å². The van der Waals surface area contributed by atoms with Gasteiger partial charge < -0.3 is 19.3 Å². The van der Waals surface area contributed by atoms with Gasteiger partial charge in [-0.05, 0) is 50.9 Å². The third-order valence-corrected chi connectivity index (χ3v) is 5.77. The number of nitrogens with zero attached hydrogens (tertiary/aromatic N) is 3. The van der Waals surface area contributed by atoms with E-state index in [1.165, 1.54) is 7.11 Å². The molecule has 7 heteroatoms. The Bertz CT molecular complexity index is 610. The fourth-order valence-electron chi connectivity index (χ4n) is 4.21. The minimum absolute atomic E-state index is 0.0590. The fourth-order valence-corrected chi connectivity index (χ4v) is 4.21. The summed E-state index contributed by atoms with van der Waals surface area (Å²) in [5.74, 6) is 1.65. The summed E-state index contributed by atoms with van der Waals surface area (Å²) < 4.78 is 10.3. The molecule has 2 aliphatic carbocycles. The van der Waals surface area contributed by atoms with Crippen LogP contribution in [-0.2, 0) is 10.3 Å². The maximum Gasteiger partial charge on any atom is 0.409 e. The zero-order valence-electron chi connectivity index (χ0n) is 13.6. The molecule has 1 amide bonds. The zero-order valence-corrected chi connectivity index (χ0v) is 13.6. The molecule has 4 aliphatic rings. The van der Waals surface area contributed by atoms with Crippen molar-refractivity contribution < 1.29 is 19.2 Å². The first-order chi connectivity index (χ1) is 11.0. The second-order valence-electron chi connectivity index (χ2n) is 7.35. The van der Waals surface area contributed by atoms with E-state index in [9.17, 15) is 9.90 Å². The average molecular weight is 321 g/mol. The number of hydrogen-bond acceptors (Lipinski definition) is 6. The van der Waals surface area contributed by atoms with Gasteiger partial charge in [0.05, 0.1) is 7.11 Å². The molecule has 5 rings (SSSR count). The maximum absolute atomic E-state index is 12.0. The van der Waals surface area contributed by atoms with E-state index in [1.807, 2.05) is 0 Å². The number of rotatable bonds is 3. The summed E-state index contributed by atoms with van der Waals surface area (Å²) in [5, 5.41) is 14.7. The van der Waals surface area contributed by atoms with Gasteiger partial charge in [-0.25, -0.2) is 4.79 Å². The number of fused-ring (bicyclic) bond motifs is 3. The van der Waals surface area contributed by atoms with E-state index in [-0.39, 0.29) is 24.0 Å². The van der Waals surface area contributed by atoms with Crippen molar-refractivity contribution >= 4 is 6.09 Å². The van der Waals surface area contributed by atoms with Crippen molar-refractivity contribution in [2.24, 2.45) is 11.8 Å². The second-order valence-corrected chi connectivity index (χ2v) is 7.35. The molecule has 2 saturated heterocycles. The van der Waals surface area contributed by atoms with E-state index in [0.717, 1.165) is 38.6 Å². The van der Waals surface area contributed by atoms with Gasteiger partial charge in [0.15, 0.2) is 5.82 Å². The molecule has 1 aromatic rings. The van der Waals surface area contributed by atoms with Crippen LogP contribution in [0.4, 0.5) is 4.79 Å². The first-order valence-corrected chi connectivity index (χ1v) is 8.41. The van der Waals surface area contributed by atoms with Gasteiger partial charge in [0, 0.05) is 18.5 Å². The van der Waals surface area contributed by atoms with Gasteiger partial charge in [0.2, 0.25) is 0 Å². The van der Waals surface area contributed by atoms with Crippen LogP contribution in [0.15, 0.2) is 4.52 Å². The van der Waals surface area contributed by atoms with Gasteiger partial charge in [0.1, 0.15) is 5.60 Å². The normalized spacial score (nSPS) is 32.7. The highest BCUT2D eigenvalue weighted by Gasteiger charge is 2.48. The third-order valence-electron chi connectivity index (χ3n) is 5.77. The quantitative estimate of drug-likeness (QED) is 0.916. The van der Waals surface area contributed by atoms with Crippen LogP contribution in [-0.4, -0.2) is 45.9 Å². The lowest BCUT2D eigenvalue weighted by molar-refractivity contribution is 0.000913. The lowest BCUT2D eigenvalue weighted by Gasteiger charge is -2.48. The Hall–Kier alpha value is -1.63. The zero-order chi connectivity index (χ0) is 16.2. The predicted octanol–water partition coefficient (Wildman–Crippen LogP) is 2.02. The summed E-state index contributed by atoms with van der Waals surface area (Å²) in [5.41, 5.74) is -1.04. The summed E-state index contributed by atoms with van der Waals surface area (Å²) in [6.07, 6.45) is 4.73. The maximum atomic E-state index is 12.0. The van der Waals surface area contributed by atoms with Crippen LogP contribution in [0, 0.1) is 11.8 Å². The van der Waals surface area contributed by atoms with E-state index in [4.69, 9.17) is 9.26 Å². The van der Waals surface area contributed by atoms with Crippen LogP contribution >= 0.6 is 0 Å². The van der Waals surface area contributed by atoms with Crippen LogP contribution in [0.3, 0.4) is 0 Å². The van der Waals surface area contributed by atoms with E-state index in [0.29, 0.717) is 17.6 Å². The summed E-state index contributed by atoms with van der Waals surface area (Å²) in [6.45, 7) is 2.49. The van der Waals surface area contributed by atoms with Gasteiger partial charge in [-0.3, -0.25) is 0 Å². The molecule has 3 heterocycles. The summed E-state index contributed by atoms with van der Waals surface area (Å²) in [4.78, 5) is 18.3. The van der Waals surface area contributed by atoms with Crippen LogP contribution in [0.2, 0.25) is 0 Å². The number of aliphatic hydroxyl groups is 1. The van der Waals surface area contributed by atoms with Crippen molar-refractivity contribution in [1.29, 1.82) is 0 Å². The average Bonchev–Trinajstić information content (AvgIpc) is 3.32. The first kappa shape index (κ1) is 14.9. The van der Waals surface area contributed by atoms with Crippen LogP contribution < -0.4 is 0 Å². The molecule has 4 atom stereocenters. The largest absolute Gasteiger partial charge is 0.453 e. The van der Waals surface area contributed by atoms with E-state index >= 15 is 0 Å². The van der Waals surface area contributed by atoms with E-state index in [2.05, 4.69) is 10.1 Å². The van der Waals surface area contributed by atoms with Crippen molar-refractivity contribution in [2.45, 2.75) is 56.6 Å². The number of methoxy groups -OCH3 is 1. The number of amides is 1. The van der Waals surface area contributed by atoms with Crippen molar-refractivity contribution in [3.05, 3.63) is 11.7 Å². The Morgan fingerprint density at radius 1 is 1.39 bits per heavy atom. The Morgan fingerprint density at radius 2 is 2.17 bits per heavy atom. The molecule has 2 aliphatic heterocycles. The molecule has 7 nitrogen and oxygen atoms in total. The first-order valence-electron chi connectivity index (χ1n) is 8.41. The van der Waals surface area contributed by atoms with Crippen molar-refractivity contribution in [1.82, 2.24) is 15.0 Å². The number of ether oxygens (including phenoxy) is 1. The number of carbonyl (C=O) groups is 1. The highest BCUT2D eigenvalue weighted by Crippen LogP contribution is 2.47. The Kier molecular flexibility index (Phi) is 3.37. The van der Waals surface area contributed by atoms with Gasteiger partial charge in [0.25, 0.3) is 5.89 Å². The molecule has 1 N–H and O–H groups in total. The monoisotopic (exact) mass is 321 g/mol. The predicted molar refractivity (Wildman–Crippen MR) is 79.6 cm³/mol. The minimum Gasteiger partial charge on any atom is -0.453 e. The van der Waals surface area contributed by atoms with Crippen LogP contribution in [0.25, 0.3) is 0 Å². The Balaban J connectivity index is 1.58. The molecule has 0 spiro atoms. The number of carbonyl (C=O) groups excluding carboxylic acids is 1. The molecule has 2 bridgehead atoms.